The molecule has 4 nitrogen and oxygen atoms in total. The first-order valence-electron chi connectivity index (χ1n) is 9.46. The van der Waals surface area contributed by atoms with Gasteiger partial charge in [-0.2, -0.15) is 0 Å². The van der Waals surface area contributed by atoms with Gasteiger partial charge in [0, 0.05) is 32.1 Å². The van der Waals surface area contributed by atoms with Gasteiger partial charge in [0.2, 0.25) is 11.8 Å². The first-order chi connectivity index (χ1) is 12.8. The lowest BCUT2D eigenvalue weighted by molar-refractivity contribution is -0.121. The van der Waals surface area contributed by atoms with Gasteiger partial charge in [0.15, 0.2) is 0 Å². The van der Waals surface area contributed by atoms with Crippen molar-refractivity contribution < 1.29 is 9.59 Å². The van der Waals surface area contributed by atoms with Gasteiger partial charge in [0.25, 0.3) is 0 Å². The number of anilines is 1. The van der Waals surface area contributed by atoms with Gasteiger partial charge in [0.05, 0.1) is 0 Å². The van der Waals surface area contributed by atoms with Crippen molar-refractivity contribution in [2.24, 2.45) is 0 Å². The van der Waals surface area contributed by atoms with Gasteiger partial charge in [0.1, 0.15) is 0 Å². The van der Waals surface area contributed by atoms with Gasteiger partial charge in [-0.15, -0.1) is 0 Å². The molecular formula is C23H30N2O2. The van der Waals surface area contributed by atoms with E-state index in [4.69, 9.17) is 0 Å². The number of hydrogen-bond acceptors (Lipinski definition) is 2. The number of amides is 2. The van der Waals surface area contributed by atoms with Crippen molar-refractivity contribution in [2.75, 3.05) is 18.0 Å². The average Bonchev–Trinajstić information content (AvgIpc) is 2.62. The quantitative estimate of drug-likeness (QED) is 0.802. The fraction of sp³-hybridized carbons (Fsp3) is 0.391. The van der Waals surface area contributed by atoms with Gasteiger partial charge >= 0.3 is 0 Å². The van der Waals surface area contributed by atoms with Crippen LogP contribution in [-0.4, -0.2) is 24.9 Å². The summed E-state index contributed by atoms with van der Waals surface area (Å²) in [5.41, 5.74) is 3.31. The first kappa shape index (κ1) is 20.7. The van der Waals surface area contributed by atoms with Crippen LogP contribution in [0, 0.1) is 0 Å². The van der Waals surface area contributed by atoms with E-state index in [2.05, 4.69) is 26.1 Å². The molecule has 1 N–H and O–H groups in total. The normalized spacial score (nSPS) is 11.1. The van der Waals surface area contributed by atoms with E-state index in [0.717, 1.165) is 12.1 Å². The highest BCUT2D eigenvalue weighted by Gasteiger charge is 2.16. The summed E-state index contributed by atoms with van der Waals surface area (Å²) < 4.78 is 0. The Bertz CT molecular complexity index is 746. The SMILES string of the molecule is CC(=O)N(CCC(=O)NCCc1ccccc1)c1ccc(C(C)(C)C)cc1. The summed E-state index contributed by atoms with van der Waals surface area (Å²) in [6.45, 7) is 8.98. The molecule has 0 radical (unpaired) electrons. The highest BCUT2D eigenvalue weighted by Crippen LogP contribution is 2.25. The predicted molar refractivity (Wildman–Crippen MR) is 111 cm³/mol. The van der Waals surface area contributed by atoms with E-state index < -0.39 is 0 Å². The number of benzene rings is 2. The second-order valence-electron chi connectivity index (χ2n) is 7.80. The van der Waals surface area contributed by atoms with Crippen LogP contribution in [0.1, 0.15) is 45.2 Å². The number of carbonyl (C=O) groups excluding carboxylic acids is 2. The molecule has 144 valence electrons. The number of nitrogens with one attached hydrogen (secondary N) is 1. The summed E-state index contributed by atoms with van der Waals surface area (Å²) in [6, 6.07) is 18.1. The first-order valence-corrected chi connectivity index (χ1v) is 9.46. The minimum absolute atomic E-state index is 0.0384. The molecule has 0 bridgehead atoms. The Morgan fingerprint density at radius 1 is 0.963 bits per heavy atom. The molecular weight excluding hydrogens is 336 g/mol. The average molecular weight is 367 g/mol. The molecule has 0 aliphatic carbocycles. The lowest BCUT2D eigenvalue weighted by atomic mass is 9.87. The van der Waals surface area contributed by atoms with E-state index in [-0.39, 0.29) is 23.7 Å². The van der Waals surface area contributed by atoms with Crippen LogP contribution in [0.25, 0.3) is 0 Å². The van der Waals surface area contributed by atoms with Crippen molar-refractivity contribution in [3.05, 3.63) is 65.7 Å². The molecule has 0 saturated carbocycles. The Morgan fingerprint density at radius 2 is 1.59 bits per heavy atom. The van der Waals surface area contributed by atoms with E-state index in [9.17, 15) is 9.59 Å². The Kier molecular flexibility index (Phi) is 7.17. The zero-order valence-electron chi connectivity index (χ0n) is 16.8. The summed E-state index contributed by atoms with van der Waals surface area (Å²) in [4.78, 5) is 25.8. The molecule has 0 aromatic heterocycles. The zero-order valence-corrected chi connectivity index (χ0v) is 16.8. The zero-order chi connectivity index (χ0) is 19.9. The smallest absolute Gasteiger partial charge is 0.223 e. The van der Waals surface area contributed by atoms with Crippen LogP contribution in [0.5, 0.6) is 0 Å². The lowest BCUT2D eigenvalue weighted by Gasteiger charge is -2.23. The molecule has 4 heteroatoms. The number of carbonyl (C=O) groups is 2. The van der Waals surface area contributed by atoms with E-state index in [1.165, 1.54) is 18.1 Å². The number of nitrogens with zero attached hydrogens (tertiary/aromatic N) is 1. The molecule has 0 spiro atoms. The summed E-state index contributed by atoms with van der Waals surface area (Å²) in [5.74, 6) is -0.0981. The van der Waals surface area contributed by atoms with Gasteiger partial charge < -0.3 is 10.2 Å². The maximum absolute atomic E-state index is 12.1. The van der Waals surface area contributed by atoms with Crippen LogP contribution in [0.4, 0.5) is 5.69 Å². The lowest BCUT2D eigenvalue weighted by Crippen LogP contribution is -2.34. The van der Waals surface area contributed by atoms with Crippen molar-refractivity contribution >= 4 is 17.5 Å². The third-order valence-electron chi connectivity index (χ3n) is 4.57. The minimum Gasteiger partial charge on any atom is -0.356 e. The molecule has 0 saturated heterocycles. The molecule has 27 heavy (non-hydrogen) atoms. The van der Waals surface area contributed by atoms with Crippen molar-refractivity contribution in [1.82, 2.24) is 5.32 Å². The van der Waals surface area contributed by atoms with Crippen LogP contribution in [0.3, 0.4) is 0 Å². The molecule has 2 aromatic carbocycles. The van der Waals surface area contributed by atoms with Gasteiger partial charge in [-0.3, -0.25) is 9.59 Å². The maximum atomic E-state index is 12.1. The van der Waals surface area contributed by atoms with Crippen molar-refractivity contribution in [3.8, 4) is 0 Å². The number of rotatable bonds is 7. The van der Waals surface area contributed by atoms with Crippen molar-refractivity contribution in [3.63, 3.8) is 0 Å². The monoisotopic (exact) mass is 366 g/mol. The van der Waals surface area contributed by atoms with E-state index in [0.29, 0.717) is 13.1 Å². The Balaban J connectivity index is 1.86. The van der Waals surface area contributed by atoms with Gasteiger partial charge in [-0.25, -0.2) is 0 Å². The largest absolute Gasteiger partial charge is 0.356 e. The van der Waals surface area contributed by atoms with E-state index in [1.54, 1.807) is 4.90 Å². The highest BCUT2D eigenvalue weighted by molar-refractivity contribution is 5.92. The maximum Gasteiger partial charge on any atom is 0.223 e. The molecule has 0 fully saturated rings. The Morgan fingerprint density at radius 3 is 2.15 bits per heavy atom. The van der Waals surface area contributed by atoms with Crippen molar-refractivity contribution in [2.45, 2.75) is 46.0 Å². The van der Waals surface area contributed by atoms with Gasteiger partial charge in [-0.05, 0) is 35.1 Å². The van der Waals surface area contributed by atoms with Crippen LogP contribution >= 0.6 is 0 Å². The second kappa shape index (κ2) is 9.36. The minimum atomic E-state index is -0.0596. The summed E-state index contributed by atoms with van der Waals surface area (Å²) in [5, 5.41) is 2.93. The van der Waals surface area contributed by atoms with Crippen LogP contribution < -0.4 is 10.2 Å². The second-order valence-corrected chi connectivity index (χ2v) is 7.80. The Labute approximate surface area is 162 Å². The molecule has 0 heterocycles. The molecule has 0 aliphatic rings. The molecule has 0 unspecified atom stereocenters. The van der Waals surface area contributed by atoms with Crippen LogP contribution in [-0.2, 0) is 21.4 Å². The fourth-order valence-corrected chi connectivity index (χ4v) is 2.90. The summed E-state index contributed by atoms with van der Waals surface area (Å²) in [6.07, 6.45) is 1.09. The molecule has 2 rings (SSSR count). The predicted octanol–water partition coefficient (Wildman–Crippen LogP) is 4.09. The van der Waals surface area contributed by atoms with Crippen molar-refractivity contribution in [1.29, 1.82) is 0 Å². The number of hydrogen-bond donors (Lipinski definition) is 1. The summed E-state index contributed by atoms with van der Waals surface area (Å²) >= 11 is 0. The van der Waals surface area contributed by atoms with E-state index >= 15 is 0 Å². The van der Waals surface area contributed by atoms with E-state index in [1.807, 2.05) is 54.6 Å². The Hall–Kier alpha value is -2.62. The molecule has 2 amide bonds. The highest BCUT2D eigenvalue weighted by atomic mass is 16.2. The molecule has 0 atom stereocenters. The third-order valence-corrected chi connectivity index (χ3v) is 4.57. The van der Waals surface area contributed by atoms with Crippen LogP contribution in [0.15, 0.2) is 54.6 Å². The third kappa shape index (κ3) is 6.55. The fourth-order valence-electron chi connectivity index (χ4n) is 2.90. The van der Waals surface area contributed by atoms with Crippen LogP contribution in [0.2, 0.25) is 0 Å². The molecule has 2 aromatic rings. The van der Waals surface area contributed by atoms with Gasteiger partial charge in [-0.1, -0.05) is 63.2 Å². The summed E-state index contributed by atoms with van der Waals surface area (Å²) in [7, 11) is 0. The molecule has 0 aliphatic heterocycles. The topological polar surface area (TPSA) is 49.4 Å². The standard InChI is InChI=1S/C23H30N2O2/c1-18(26)25(21-12-10-20(11-13-21)23(2,3)4)17-15-22(27)24-16-14-19-8-6-5-7-9-19/h5-13H,14-17H2,1-4H3,(H,24,27).